The zero-order valence-corrected chi connectivity index (χ0v) is 14.3. The number of hydrogen-bond donors (Lipinski definition) is 2. The van der Waals surface area contributed by atoms with Gasteiger partial charge in [0.1, 0.15) is 0 Å². The molecule has 0 aromatic heterocycles. The summed E-state index contributed by atoms with van der Waals surface area (Å²) in [6, 6.07) is 8.88. The van der Waals surface area contributed by atoms with Crippen LogP contribution in [-0.2, 0) is 10.0 Å². The first-order valence-corrected chi connectivity index (χ1v) is 9.88. The molecular weight excluding hydrogens is 314 g/mol. The van der Waals surface area contributed by atoms with Gasteiger partial charge in [-0.3, -0.25) is 0 Å². The molecule has 2 rings (SSSR count). The zero-order valence-electron chi connectivity index (χ0n) is 13.5. The Bertz CT molecular complexity index is 598. The van der Waals surface area contributed by atoms with Gasteiger partial charge in [-0.25, -0.2) is 13.2 Å². The molecule has 0 saturated heterocycles. The highest BCUT2D eigenvalue weighted by atomic mass is 32.2. The molecule has 1 fully saturated rings. The van der Waals surface area contributed by atoms with Crippen LogP contribution in [0.4, 0.5) is 10.5 Å². The van der Waals surface area contributed by atoms with E-state index in [4.69, 9.17) is 0 Å². The maximum Gasteiger partial charge on any atom is 0.319 e. The second kappa shape index (κ2) is 8.31. The van der Waals surface area contributed by atoms with Crippen molar-refractivity contribution in [2.24, 2.45) is 0 Å². The highest BCUT2D eigenvalue weighted by molar-refractivity contribution is 7.88. The molecule has 0 spiro atoms. The van der Waals surface area contributed by atoms with Crippen molar-refractivity contribution in [1.82, 2.24) is 9.62 Å². The molecule has 1 saturated carbocycles. The molecule has 1 aromatic carbocycles. The third-order valence-corrected chi connectivity index (χ3v) is 5.39. The molecule has 23 heavy (non-hydrogen) atoms. The van der Waals surface area contributed by atoms with E-state index in [1.54, 1.807) is 12.1 Å². The molecule has 6 nitrogen and oxygen atoms in total. The van der Waals surface area contributed by atoms with E-state index in [1.165, 1.54) is 17.0 Å². The highest BCUT2D eigenvalue weighted by Gasteiger charge is 2.27. The van der Waals surface area contributed by atoms with Crippen molar-refractivity contribution in [3.63, 3.8) is 0 Å². The Hall–Kier alpha value is -1.60. The lowest BCUT2D eigenvalue weighted by molar-refractivity contribution is 0.241. The van der Waals surface area contributed by atoms with Gasteiger partial charge in [-0.1, -0.05) is 37.5 Å². The molecule has 0 heterocycles. The molecule has 0 atom stereocenters. The summed E-state index contributed by atoms with van der Waals surface area (Å²) in [6.45, 7) is 0.605. The van der Waals surface area contributed by atoms with E-state index in [2.05, 4.69) is 10.6 Å². The maximum atomic E-state index is 12.0. The monoisotopic (exact) mass is 339 g/mol. The number of sulfonamides is 1. The summed E-state index contributed by atoms with van der Waals surface area (Å²) in [6.07, 6.45) is 6.36. The molecule has 0 aliphatic heterocycles. The summed E-state index contributed by atoms with van der Waals surface area (Å²) in [5.74, 6) is 0. The second-order valence-electron chi connectivity index (χ2n) is 5.91. The predicted octanol–water partition coefficient (Wildman–Crippen LogP) is 2.40. The molecule has 128 valence electrons. The number of nitrogens with one attached hydrogen (secondary N) is 2. The number of anilines is 1. The minimum absolute atomic E-state index is 0.0673. The van der Waals surface area contributed by atoms with Crippen molar-refractivity contribution in [2.45, 2.75) is 38.1 Å². The SMILES string of the molecule is CS(=O)(=O)N(CCNC(=O)Nc1ccccc1)C1CCCCC1. The van der Waals surface area contributed by atoms with Crippen LogP contribution in [-0.4, -0.2) is 44.1 Å². The standard InChI is InChI=1S/C16H25N3O3S/c1-23(21,22)19(15-10-6-3-7-11-15)13-12-17-16(20)18-14-8-4-2-5-9-14/h2,4-5,8-9,15H,3,6-7,10-13H2,1H3,(H2,17,18,20). The van der Waals surface area contributed by atoms with Crippen LogP contribution < -0.4 is 10.6 Å². The number of urea groups is 1. The Morgan fingerprint density at radius 3 is 2.43 bits per heavy atom. The Balaban J connectivity index is 1.83. The fourth-order valence-corrected chi connectivity index (χ4v) is 4.14. The fourth-order valence-electron chi connectivity index (χ4n) is 2.96. The molecule has 0 radical (unpaired) electrons. The van der Waals surface area contributed by atoms with E-state index >= 15 is 0 Å². The highest BCUT2D eigenvalue weighted by Crippen LogP contribution is 2.24. The van der Waals surface area contributed by atoms with Gasteiger partial charge in [0.2, 0.25) is 10.0 Å². The fraction of sp³-hybridized carbons (Fsp3) is 0.562. The van der Waals surface area contributed by atoms with Crippen molar-refractivity contribution in [3.05, 3.63) is 30.3 Å². The number of carbonyl (C=O) groups is 1. The van der Waals surface area contributed by atoms with Gasteiger partial charge in [0.25, 0.3) is 0 Å². The van der Waals surface area contributed by atoms with Crippen molar-refractivity contribution < 1.29 is 13.2 Å². The van der Waals surface area contributed by atoms with Crippen molar-refractivity contribution >= 4 is 21.7 Å². The zero-order chi connectivity index (χ0) is 16.7. The van der Waals surface area contributed by atoms with E-state index in [-0.39, 0.29) is 12.1 Å². The van der Waals surface area contributed by atoms with Gasteiger partial charge < -0.3 is 10.6 Å². The van der Waals surface area contributed by atoms with Gasteiger partial charge >= 0.3 is 6.03 Å². The minimum atomic E-state index is -3.26. The first-order chi connectivity index (χ1) is 11.0. The summed E-state index contributed by atoms with van der Waals surface area (Å²) in [4.78, 5) is 11.8. The van der Waals surface area contributed by atoms with Gasteiger partial charge in [0.05, 0.1) is 6.26 Å². The topological polar surface area (TPSA) is 78.5 Å². The van der Waals surface area contributed by atoms with Crippen LogP contribution in [0.1, 0.15) is 32.1 Å². The van der Waals surface area contributed by atoms with Crippen LogP contribution in [0, 0.1) is 0 Å². The predicted molar refractivity (Wildman–Crippen MR) is 91.9 cm³/mol. The smallest absolute Gasteiger partial charge is 0.319 e. The normalized spacial score (nSPS) is 16.3. The summed E-state index contributed by atoms with van der Waals surface area (Å²) in [5, 5.41) is 5.43. The van der Waals surface area contributed by atoms with Crippen LogP contribution >= 0.6 is 0 Å². The number of hydrogen-bond acceptors (Lipinski definition) is 3. The molecule has 1 aliphatic carbocycles. The average Bonchev–Trinajstić information content (AvgIpc) is 2.52. The van der Waals surface area contributed by atoms with Gasteiger partial charge in [0.15, 0.2) is 0 Å². The molecule has 7 heteroatoms. The van der Waals surface area contributed by atoms with Gasteiger partial charge in [-0.15, -0.1) is 0 Å². The van der Waals surface area contributed by atoms with E-state index in [9.17, 15) is 13.2 Å². The molecule has 1 aromatic rings. The summed E-state index contributed by atoms with van der Waals surface area (Å²) in [5.41, 5.74) is 0.706. The lowest BCUT2D eigenvalue weighted by atomic mass is 9.95. The minimum Gasteiger partial charge on any atom is -0.337 e. The van der Waals surface area contributed by atoms with Gasteiger partial charge in [-0.2, -0.15) is 4.31 Å². The van der Waals surface area contributed by atoms with Crippen LogP contribution in [0.5, 0.6) is 0 Å². The van der Waals surface area contributed by atoms with Crippen LogP contribution in [0.3, 0.4) is 0 Å². The number of benzene rings is 1. The summed E-state index contributed by atoms with van der Waals surface area (Å²) in [7, 11) is -3.26. The average molecular weight is 339 g/mol. The lowest BCUT2D eigenvalue weighted by Crippen LogP contribution is -2.45. The Morgan fingerprint density at radius 2 is 1.83 bits per heavy atom. The second-order valence-corrected chi connectivity index (χ2v) is 7.85. The molecule has 0 bridgehead atoms. The largest absolute Gasteiger partial charge is 0.337 e. The Kier molecular flexibility index (Phi) is 6.41. The number of para-hydroxylation sites is 1. The number of rotatable bonds is 6. The van der Waals surface area contributed by atoms with Crippen LogP contribution in [0.15, 0.2) is 30.3 Å². The van der Waals surface area contributed by atoms with Crippen LogP contribution in [0.2, 0.25) is 0 Å². The number of amides is 2. The van der Waals surface area contributed by atoms with Crippen molar-refractivity contribution in [3.8, 4) is 0 Å². The quantitative estimate of drug-likeness (QED) is 0.835. The lowest BCUT2D eigenvalue weighted by Gasteiger charge is -2.32. The first-order valence-electron chi connectivity index (χ1n) is 8.03. The van der Waals surface area contributed by atoms with Gasteiger partial charge in [-0.05, 0) is 25.0 Å². The third kappa shape index (κ3) is 5.84. The molecular formula is C16H25N3O3S. The van der Waals surface area contributed by atoms with E-state index in [0.717, 1.165) is 25.7 Å². The number of nitrogens with zero attached hydrogens (tertiary/aromatic N) is 1. The number of carbonyl (C=O) groups excluding carboxylic acids is 1. The van der Waals surface area contributed by atoms with E-state index in [1.807, 2.05) is 18.2 Å². The van der Waals surface area contributed by atoms with Gasteiger partial charge in [0, 0.05) is 24.8 Å². The van der Waals surface area contributed by atoms with E-state index < -0.39 is 10.0 Å². The summed E-state index contributed by atoms with van der Waals surface area (Å²) < 4.78 is 25.5. The van der Waals surface area contributed by atoms with E-state index in [0.29, 0.717) is 18.8 Å². The summed E-state index contributed by atoms with van der Waals surface area (Å²) >= 11 is 0. The third-order valence-electron chi connectivity index (χ3n) is 4.06. The molecule has 2 amide bonds. The van der Waals surface area contributed by atoms with Crippen molar-refractivity contribution in [1.29, 1.82) is 0 Å². The molecule has 1 aliphatic rings. The first kappa shape index (κ1) is 17.7. The van der Waals surface area contributed by atoms with Crippen LogP contribution in [0.25, 0.3) is 0 Å². The van der Waals surface area contributed by atoms with Crippen molar-refractivity contribution in [2.75, 3.05) is 24.7 Å². The molecule has 2 N–H and O–H groups in total. The Labute approximate surface area is 138 Å². The maximum absolute atomic E-state index is 12.0. The Morgan fingerprint density at radius 1 is 1.17 bits per heavy atom. The molecule has 0 unspecified atom stereocenters.